The molecule has 1 N–H and O–H groups in total. The molecule has 0 saturated heterocycles. The summed E-state index contributed by atoms with van der Waals surface area (Å²) in [5, 5.41) is 2.87. The van der Waals surface area contributed by atoms with Crippen LogP contribution in [0.3, 0.4) is 0 Å². The second-order valence-corrected chi connectivity index (χ2v) is 6.86. The number of carbonyl (C=O) groups excluding carboxylic acids is 2. The minimum absolute atomic E-state index is 0.330. The summed E-state index contributed by atoms with van der Waals surface area (Å²) in [6.45, 7) is 5.78. The number of hydrogen-bond donors (Lipinski definition) is 1. The molecule has 132 valence electrons. The molecule has 1 amide bonds. The summed E-state index contributed by atoms with van der Waals surface area (Å²) >= 11 is 3.31. The highest BCUT2D eigenvalue weighted by atomic mass is 79.9. The number of amides is 1. The zero-order valence-corrected chi connectivity index (χ0v) is 16.2. The van der Waals surface area contributed by atoms with Gasteiger partial charge in [0, 0.05) is 10.2 Å². The van der Waals surface area contributed by atoms with Crippen LogP contribution in [-0.2, 0) is 9.53 Å². The van der Waals surface area contributed by atoms with Crippen LogP contribution >= 0.6 is 15.9 Å². The quantitative estimate of drug-likeness (QED) is 0.678. The van der Waals surface area contributed by atoms with Gasteiger partial charge in [-0.1, -0.05) is 54.0 Å². The van der Waals surface area contributed by atoms with E-state index in [1.165, 1.54) is 0 Å². The summed E-state index contributed by atoms with van der Waals surface area (Å²) in [4.78, 5) is 24.6. The van der Waals surface area contributed by atoms with Crippen LogP contribution in [0.4, 0.5) is 5.69 Å². The molecular formula is C20H22BrNO3. The van der Waals surface area contributed by atoms with Crippen molar-refractivity contribution in [3.8, 4) is 0 Å². The Morgan fingerprint density at radius 3 is 2.52 bits per heavy atom. The van der Waals surface area contributed by atoms with Crippen LogP contribution in [0.25, 0.3) is 0 Å². The van der Waals surface area contributed by atoms with Gasteiger partial charge in [0.15, 0.2) is 6.10 Å². The maximum absolute atomic E-state index is 12.4. The molecule has 2 aromatic carbocycles. The fourth-order valence-corrected chi connectivity index (χ4v) is 2.79. The molecule has 0 bridgehead atoms. The molecule has 0 aliphatic carbocycles. The summed E-state index contributed by atoms with van der Waals surface area (Å²) in [5.41, 5.74) is 2.23. The van der Waals surface area contributed by atoms with Gasteiger partial charge in [-0.15, -0.1) is 0 Å². The van der Waals surface area contributed by atoms with Gasteiger partial charge in [0.2, 0.25) is 0 Å². The van der Waals surface area contributed by atoms with Gasteiger partial charge in [-0.3, -0.25) is 4.79 Å². The number of hydrogen-bond acceptors (Lipinski definition) is 3. The van der Waals surface area contributed by atoms with Crippen molar-refractivity contribution in [1.29, 1.82) is 0 Å². The summed E-state index contributed by atoms with van der Waals surface area (Å²) < 4.78 is 6.06. The maximum atomic E-state index is 12.4. The van der Waals surface area contributed by atoms with Gasteiger partial charge in [0.05, 0.1) is 5.56 Å². The van der Waals surface area contributed by atoms with E-state index in [9.17, 15) is 9.59 Å². The van der Waals surface area contributed by atoms with E-state index in [4.69, 9.17) is 4.74 Å². The van der Waals surface area contributed by atoms with Crippen molar-refractivity contribution in [3.05, 3.63) is 64.1 Å². The van der Waals surface area contributed by atoms with Crippen molar-refractivity contribution >= 4 is 33.5 Å². The number of para-hydroxylation sites is 1. The van der Waals surface area contributed by atoms with E-state index < -0.39 is 12.1 Å². The van der Waals surface area contributed by atoms with E-state index in [1.54, 1.807) is 25.1 Å². The van der Waals surface area contributed by atoms with E-state index in [1.807, 2.05) is 30.3 Å². The molecule has 0 heterocycles. The zero-order valence-electron chi connectivity index (χ0n) is 14.6. The largest absolute Gasteiger partial charge is 0.449 e. The van der Waals surface area contributed by atoms with Crippen LogP contribution < -0.4 is 5.32 Å². The van der Waals surface area contributed by atoms with E-state index in [2.05, 4.69) is 35.1 Å². The zero-order chi connectivity index (χ0) is 18.4. The van der Waals surface area contributed by atoms with Crippen LogP contribution in [0.2, 0.25) is 0 Å². The second-order valence-electron chi connectivity index (χ2n) is 5.94. The highest BCUT2D eigenvalue weighted by molar-refractivity contribution is 9.10. The van der Waals surface area contributed by atoms with Crippen molar-refractivity contribution in [2.45, 2.75) is 39.2 Å². The van der Waals surface area contributed by atoms with Gasteiger partial charge in [0.1, 0.15) is 0 Å². The molecule has 0 spiro atoms. The van der Waals surface area contributed by atoms with Crippen LogP contribution in [0, 0.1) is 0 Å². The van der Waals surface area contributed by atoms with Crippen molar-refractivity contribution < 1.29 is 14.3 Å². The Hall–Kier alpha value is -2.14. The summed E-state index contributed by atoms with van der Waals surface area (Å²) in [5.74, 6) is -0.547. The molecule has 2 aromatic rings. The predicted molar refractivity (Wildman–Crippen MR) is 103 cm³/mol. The maximum Gasteiger partial charge on any atom is 0.338 e. The van der Waals surface area contributed by atoms with Gasteiger partial charge in [-0.2, -0.15) is 0 Å². The third kappa shape index (κ3) is 5.16. The topological polar surface area (TPSA) is 55.4 Å². The van der Waals surface area contributed by atoms with E-state index in [-0.39, 0.29) is 5.91 Å². The molecule has 25 heavy (non-hydrogen) atoms. The van der Waals surface area contributed by atoms with Crippen molar-refractivity contribution in [2.24, 2.45) is 0 Å². The molecule has 0 fully saturated rings. The lowest BCUT2D eigenvalue weighted by Crippen LogP contribution is -2.30. The fraction of sp³-hybridized carbons (Fsp3) is 0.300. The molecule has 4 nitrogen and oxygen atoms in total. The first-order valence-electron chi connectivity index (χ1n) is 8.28. The SMILES string of the molecule is CC[C@H](C)c1ccccc1NC(=O)[C@H](C)OC(=O)c1cccc(Br)c1. The highest BCUT2D eigenvalue weighted by Crippen LogP contribution is 2.26. The van der Waals surface area contributed by atoms with Gasteiger partial charge >= 0.3 is 5.97 Å². The lowest BCUT2D eigenvalue weighted by Gasteiger charge is -2.18. The first kappa shape index (κ1) is 19.2. The number of nitrogens with one attached hydrogen (secondary N) is 1. The van der Waals surface area contributed by atoms with Crippen LogP contribution in [-0.4, -0.2) is 18.0 Å². The molecule has 5 heteroatoms. The summed E-state index contributed by atoms with van der Waals surface area (Å²) in [6.07, 6.45) is 0.0804. The number of benzene rings is 2. The Morgan fingerprint density at radius 2 is 1.84 bits per heavy atom. The summed E-state index contributed by atoms with van der Waals surface area (Å²) in [7, 11) is 0. The Balaban J connectivity index is 2.05. The van der Waals surface area contributed by atoms with Crippen molar-refractivity contribution in [2.75, 3.05) is 5.32 Å². The van der Waals surface area contributed by atoms with Gasteiger partial charge < -0.3 is 10.1 Å². The Labute approximate surface area is 156 Å². The minimum Gasteiger partial charge on any atom is -0.449 e. The Morgan fingerprint density at radius 1 is 1.12 bits per heavy atom. The summed E-state index contributed by atoms with van der Waals surface area (Å²) in [6, 6.07) is 14.6. The first-order valence-corrected chi connectivity index (χ1v) is 9.08. The molecule has 0 radical (unpaired) electrons. The molecule has 2 atom stereocenters. The van der Waals surface area contributed by atoms with E-state index >= 15 is 0 Å². The van der Waals surface area contributed by atoms with E-state index in [0.29, 0.717) is 11.5 Å². The molecule has 0 saturated carbocycles. The third-order valence-electron chi connectivity index (χ3n) is 4.08. The lowest BCUT2D eigenvalue weighted by molar-refractivity contribution is -0.123. The Kier molecular flexibility index (Phi) is 6.76. The number of halogens is 1. The van der Waals surface area contributed by atoms with E-state index in [0.717, 1.165) is 22.1 Å². The van der Waals surface area contributed by atoms with Gasteiger partial charge in [-0.05, 0) is 49.1 Å². The lowest BCUT2D eigenvalue weighted by atomic mass is 9.97. The molecule has 2 rings (SSSR count). The van der Waals surface area contributed by atoms with Crippen LogP contribution in [0.15, 0.2) is 53.0 Å². The van der Waals surface area contributed by atoms with Crippen LogP contribution in [0.5, 0.6) is 0 Å². The predicted octanol–water partition coefficient (Wildman–Crippen LogP) is 5.15. The molecular weight excluding hydrogens is 382 g/mol. The first-order chi connectivity index (χ1) is 11.9. The number of ether oxygens (including phenoxy) is 1. The van der Waals surface area contributed by atoms with Gasteiger partial charge in [0.25, 0.3) is 5.91 Å². The number of esters is 1. The number of rotatable bonds is 6. The highest BCUT2D eigenvalue weighted by Gasteiger charge is 2.20. The Bertz CT molecular complexity index is 760. The van der Waals surface area contributed by atoms with Crippen molar-refractivity contribution in [1.82, 2.24) is 0 Å². The normalized spacial score (nSPS) is 13.0. The third-order valence-corrected chi connectivity index (χ3v) is 4.57. The molecule has 0 aromatic heterocycles. The molecule has 0 unspecified atom stereocenters. The smallest absolute Gasteiger partial charge is 0.338 e. The van der Waals surface area contributed by atoms with Crippen molar-refractivity contribution in [3.63, 3.8) is 0 Å². The fourth-order valence-electron chi connectivity index (χ4n) is 2.39. The monoisotopic (exact) mass is 403 g/mol. The average Bonchev–Trinajstić information content (AvgIpc) is 2.61. The standard InChI is InChI=1S/C20H22BrNO3/c1-4-13(2)17-10-5-6-11-18(17)22-19(23)14(3)25-20(24)15-8-7-9-16(21)12-15/h5-14H,4H2,1-3H3,(H,22,23)/t13-,14-/m0/s1. The molecule has 0 aliphatic rings. The molecule has 0 aliphatic heterocycles. The second kappa shape index (κ2) is 8.81. The van der Waals surface area contributed by atoms with Gasteiger partial charge in [-0.25, -0.2) is 4.79 Å². The minimum atomic E-state index is -0.892. The number of anilines is 1. The van der Waals surface area contributed by atoms with Crippen LogP contribution in [0.1, 0.15) is 49.0 Å². The average molecular weight is 404 g/mol. The number of carbonyl (C=O) groups is 2.